The van der Waals surface area contributed by atoms with Gasteiger partial charge in [-0.15, -0.1) is 10.2 Å². The maximum Gasteiger partial charge on any atom is 0.242 e. The standard InChI is InChI=1S/C23H25N5O3S2/c1-15-8-6-9-16(2)21(15)28-22(18-10-7-11-20(13-18)33(29,30)27(4)5)24-25-23(28)32-14-19-12-17(3)26-31-19/h6-13H,14H2,1-5H3. The quantitative estimate of drug-likeness (QED) is 0.360. The molecule has 2 aromatic heterocycles. The van der Waals surface area contributed by atoms with Crippen molar-refractivity contribution in [2.24, 2.45) is 0 Å². The molecule has 0 saturated carbocycles. The summed E-state index contributed by atoms with van der Waals surface area (Å²) in [6, 6.07) is 14.8. The molecule has 0 saturated heterocycles. The van der Waals surface area contributed by atoms with Crippen LogP contribution in [0.25, 0.3) is 17.1 Å². The first-order valence-corrected chi connectivity index (χ1v) is 12.7. The van der Waals surface area contributed by atoms with Crippen LogP contribution >= 0.6 is 11.8 Å². The van der Waals surface area contributed by atoms with Crippen molar-refractivity contribution in [2.45, 2.75) is 36.6 Å². The summed E-state index contributed by atoms with van der Waals surface area (Å²) in [4.78, 5) is 0.201. The Morgan fingerprint density at radius 1 is 1.00 bits per heavy atom. The second-order valence-electron chi connectivity index (χ2n) is 7.92. The monoisotopic (exact) mass is 483 g/mol. The Balaban J connectivity index is 1.85. The van der Waals surface area contributed by atoms with E-state index in [4.69, 9.17) is 4.52 Å². The first kappa shape index (κ1) is 23.2. The maximum atomic E-state index is 12.7. The molecule has 0 radical (unpaired) electrons. The van der Waals surface area contributed by atoms with Crippen molar-refractivity contribution in [1.82, 2.24) is 24.2 Å². The molecule has 0 atom stereocenters. The zero-order valence-corrected chi connectivity index (χ0v) is 20.7. The summed E-state index contributed by atoms with van der Waals surface area (Å²) < 4.78 is 33.9. The van der Waals surface area contributed by atoms with E-state index in [2.05, 4.69) is 15.4 Å². The van der Waals surface area contributed by atoms with Crippen LogP contribution in [0, 0.1) is 20.8 Å². The second kappa shape index (κ2) is 9.12. The van der Waals surface area contributed by atoms with E-state index < -0.39 is 10.0 Å². The molecule has 0 N–H and O–H groups in total. The average molecular weight is 484 g/mol. The minimum absolute atomic E-state index is 0.201. The lowest BCUT2D eigenvalue weighted by Crippen LogP contribution is -2.22. The van der Waals surface area contributed by atoms with Crippen LogP contribution in [0.2, 0.25) is 0 Å². The highest BCUT2D eigenvalue weighted by Crippen LogP contribution is 2.33. The fourth-order valence-electron chi connectivity index (χ4n) is 3.54. The summed E-state index contributed by atoms with van der Waals surface area (Å²) in [7, 11) is -0.557. The van der Waals surface area contributed by atoms with Crippen molar-refractivity contribution >= 4 is 21.8 Å². The number of sulfonamides is 1. The normalized spacial score (nSPS) is 11.9. The average Bonchev–Trinajstić information content (AvgIpc) is 3.38. The first-order valence-electron chi connectivity index (χ1n) is 10.3. The molecule has 172 valence electrons. The van der Waals surface area contributed by atoms with E-state index in [-0.39, 0.29) is 4.90 Å². The zero-order valence-electron chi connectivity index (χ0n) is 19.1. The van der Waals surface area contributed by atoms with Crippen molar-refractivity contribution in [2.75, 3.05) is 14.1 Å². The molecule has 8 nitrogen and oxygen atoms in total. The number of hydrogen-bond acceptors (Lipinski definition) is 7. The van der Waals surface area contributed by atoms with Gasteiger partial charge in [-0.05, 0) is 44.0 Å². The Bertz CT molecular complexity index is 1390. The van der Waals surface area contributed by atoms with Crippen molar-refractivity contribution in [3.63, 3.8) is 0 Å². The highest BCUT2D eigenvalue weighted by Gasteiger charge is 2.22. The molecule has 0 bridgehead atoms. The summed E-state index contributed by atoms with van der Waals surface area (Å²) >= 11 is 1.48. The highest BCUT2D eigenvalue weighted by atomic mass is 32.2. The Labute approximate surface area is 197 Å². The van der Waals surface area contributed by atoms with Gasteiger partial charge in [-0.2, -0.15) is 0 Å². The third-order valence-electron chi connectivity index (χ3n) is 5.19. The number of para-hydroxylation sites is 1. The van der Waals surface area contributed by atoms with Crippen molar-refractivity contribution in [3.05, 3.63) is 71.1 Å². The summed E-state index contributed by atoms with van der Waals surface area (Å²) in [6.07, 6.45) is 0. The van der Waals surface area contributed by atoms with Crippen molar-refractivity contribution in [3.8, 4) is 17.1 Å². The third-order valence-corrected chi connectivity index (χ3v) is 7.95. The van der Waals surface area contributed by atoms with Crippen LogP contribution in [0.15, 0.2) is 63.1 Å². The Morgan fingerprint density at radius 2 is 1.70 bits per heavy atom. The molecule has 2 heterocycles. The topological polar surface area (TPSA) is 94.1 Å². The van der Waals surface area contributed by atoms with Gasteiger partial charge in [0.2, 0.25) is 10.0 Å². The largest absolute Gasteiger partial charge is 0.360 e. The van der Waals surface area contributed by atoms with Gasteiger partial charge in [-0.3, -0.25) is 4.57 Å². The van der Waals surface area contributed by atoms with Gasteiger partial charge in [0.25, 0.3) is 0 Å². The van der Waals surface area contributed by atoms with Gasteiger partial charge in [0, 0.05) is 25.7 Å². The minimum Gasteiger partial charge on any atom is -0.360 e. The van der Waals surface area contributed by atoms with Crippen LogP contribution in [0.3, 0.4) is 0 Å². The summed E-state index contributed by atoms with van der Waals surface area (Å²) in [5, 5.41) is 13.5. The minimum atomic E-state index is -3.59. The molecule has 0 aliphatic heterocycles. The van der Waals surface area contributed by atoms with E-state index in [0.29, 0.717) is 22.3 Å². The molecule has 0 aliphatic rings. The maximum absolute atomic E-state index is 12.7. The van der Waals surface area contributed by atoms with E-state index >= 15 is 0 Å². The van der Waals surface area contributed by atoms with E-state index in [1.807, 2.05) is 55.7 Å². The molecule has 2 aromatic carbocycles. The van der Waals surface area contributed by atoms with E-state index in [1.165, 1.54) is 30.2 Å². The highest BCUT2D eigenvalue weighted by molar-refractivity contribution is 7.98. The second-order valence-corrected chi connectivity index (χ2v) is 11.0. The van der Waals surface area contributed by atoms with E-state index in [9.17, 15) is 8.42 Å². The fourth-order valence-corrected chi connectivity index (χ4v) is 5.30. The lowest BCUT2D eigenvalue weighted by atomic mass is 10.1. The lowest BCUT2D eigenvalue weighted by molar-refractivity contribution is 0.391. The van der Waals surface area contributed by atoms with Gasteiger partial charge >= 0.3 is 0 Å². The molecule has 0 amide bonds. The van der Waals surface area contributed by atoms with E-state index in [1.54, 1.807) is 18.2 Å². The number of aromatic nitrogens is 4. The number of rotatable bonds is 7. The number of hydrogen-bond donors (Lipinski definition) is 0. The molecule has 33 heavy (non-hydrogen) atoms. The molecule has 10 heteroatoms. The number of benzene rings is 2. The number of thioether (sulfide) groups is 1. The summed E-state index contributed by atoms with van der Waals surface area (Å²) in [5.74, 6) is 1.85. The van der Waals surface area contributed by atoms with Gasteiger partial charge in [0.05, 0.1) is 22.0 Å². The zero-order chi connectivity index (χ0) is 23.8. The van der Waals surface area contributed by atoms with Crippen LogP contribution < -0.4 is 0 Å². The molecule has 4 rings (SSSR count). The fraction of sp³-hybridized carbons (Fsp3) is 0.261. The van der Waals surface area contributed by atoms with Crippen LogP contribution in [-0.2, 0) is 15.8 Å². The lowest BCUT2D eigenvalue weighted by Gasteiger charge is -2.16. The third kappa shape index (κ3) is 4.59. The van der Waals surface area contributed by atoms with Gasteiger partial charge in [0.15, 0.2) is 11.0 Å². The molecule has 0 spiro atoms. The number of aryl methyl sites for hydroxylation is 3. The Morgan fingerprint density at radius 3 is 2.33 bits per heavy atom. The molecule has 4 aromatic rings. The number of nitrogens with zero attached hydrogens (tertiary/aromatic N) is 5. The van der Waals surface area contributed by atoms with E-state index in [0.717, 1.165) is 28.3 Å². The van der Waals surface area contributed by atoms with Crippen molar-refractivity contribution in [1.29, 1.82) is 0 Å². The van der Waals surface area contributed by atoms with Crippen LogP contribution in [-0.4, -0.2) is 46.7 Å². The molecule has 0 aliphatic carbocycles. The Kier molecular flexibility index (Phi) is 6.42. The van der Waals surface area contributed by atoms with Crippen LogP contribution in [0.5, 0.6) is 0 Å². The van der Waals surface area contributed by atoms with Crippen molar-refractivity contribution < 1.29 is 12.9 Å². The SMILES string of the molecule is Cc1cc(CSc2nnc(-c3cccc(S(=O)(=O)N(C)C)c3)n2-c2c(C)cccc2C)on1. The summed E-state index contributed by atoms with van der Waals surface area (Å²) in [6.45, 7) is 5.95. The molecular formula is C23H25N5O3S2. The molecule has 0 unspecified atom stereocenters. The first-order chi connectivity index (χ1) is 15.7. The van der Waals surface area contributed by atoms with Crippen LogP contribution in [0.4, 0.5) is 0 Å². The van der Waals surface area contributed by atoms with Gasteiger partial charge in [-0.1, -0.05) is 47.3 Å². The smallest absolute Gasteiger partial charge is 0.242 e. The van der Waals surface area contributed by atoms with Crippen LogP contribution in [0.1, 0.15) is 22.6 Å². The Hall–Kier alpha value is -2.95. The van der Waals surface area contributed by atoms with Gasteiger partial charge in [0.1, 0.15) is 5.76 Å². The predicted octanol–water partition coefficient (Wildman–Crippen LogP) is 4.39. The molecule has 0 fully saturated rings. The summed E-state index contributed by atoms with van der Waals surface area (Å²) in [5.41, 5.74) is 4.57. The van der Waals surface area contributed by atoms with Gasteiger partial charge < -0.3 is 4.52 Å². The predicted molar refractivity (Wildman–Crippen MR) is 128 cm³/mol. The van der Waals surface area contributed by atoms with Gasteiger partial charge in [-0.25, -0.2) is 12.7 Å². The molecular weight excluding hydrogens is 458 g/mol.